The number of aromatic nitrogens is 8. The quantitative estimate of drug-likeness (QED) is 0.180. The smallest absolute Gasteiger partial charge is 0.319 e. The standard InChI is InChI=1S/C32H18N8.Al.BrH.2H/c1-2-10-18-17(9-1)25-33-26(18)38-28-21-13-5-6-14-22(21)30(35-28)40-32-24-16-8-7-15-23(24)31(36-32)39-29-20-12-4-3-11-19(20)27(34-29)37-25;;;;/h1-16H,(H2,33,34,35,36,37,38,39,40);;1H;;/q;+1;;;/p-1. The van der Waals surface area contributed by atoms with Crippen molar-refractivity contribution in [1.29, 1.82) is 0 Å². The van der Waals surface area contributed by atoms with Crippen LogP contribution in [0.3, 0.4) is 0 Å². The second-order valence-corrected chi connectivity index (χ2v) is 9.79. The molecule has 0 fully saturated rings. The van der Waals surface area contributed by atoms with Crippen molar-refractivity contribution in [2.75, 3.05) is 0 Å². The highest BCUT2D eigenvalue weighted by Crippen LogP contribution is 2.36. The van der Waals surface area contributed by atoms with E-state index in [1.54, 1.807) is 0 Å². The van der Waals surface area contributed by atoms with E-state index >= 15 is 0 Å². The van der Waals surface area contributed by atoms with Crippen molar-refractivity contribution in [2.45, 2.75) is 0 Å². The lowest BCUT2D eigenvalue weighted by atomic mass is 10.1. The van der Waals surface area contributed by atoms with Crippen molar-refractivity contribution in [3.05, 3.63) is 97.1 Å². The number of hydrogen-bond donors (Lipinski definition) is 2. The van der Waals surface area contributed by atoms with Gasteiger partial charge in [0.1, 0.15) is 22.6 Å². The summed E-state index contributed by atoms with van der Waals surface area (Å²) in [4.78, 5) is 36.8. The molecule has 2 aliphatic heterocycles. The molecular weight excluding hydrogens is 603 g/mol. The van der Waals surface area contributed by atoms with Crippen LogP contribution < -0.4 is 0 Å². The van der Waals surface area contributed by atoms with E-state index in [-0.39, 0.29) is 0 Å². The fraction of sp³-hybridized carbons (Fsp3) is 0. The molecule has 0 saturated carbocycles. The molecule has 3 aromatic heterocycles. The van der Waals surface area contributed by atoms with Gasteiger partial charge in [-0.15, -0.1) is 0 Å². The zero-order chi connectivity index (χ0) is 28.2. The summed E-state index contributed by atoms with van der Waals surface area (Å²) >= 11 is 4.19. The highest BCUT2D eigenvalue weighted by molar-refractivity contribution is 9.22. The monoisotopic (exact) mass is 622 g/mol. The van der Waals surface area contributed by atoms with Gasteiger partial charge in [-0.3, -0.25) is 0 Å². The Morgan fingerprint density at radius 2 is 0.595 bits per heavy atom. The Kier molecular flexibility index (Phi) is 5.93. The van der Waals surface area contributed by atoms with Crippen molar-refractivity contribution in [2.24, 2.45) is 0 Å². The molecule has 8 nitrogen and oxygen atoms in total. The molecule has 10 heteroatoms. The molecule has 42 heavy (non-hydrogen) atoms. The average Bonchev–Trinajstić information content (AvgIpc) is 3.78. The molecule has 2 N–H and O–H groups in total. The van der Waals surface area contributed by atoms with Gasteiger partial charge in [-0.1, -0.05) is 97.1 Å². The first-order valence-corrected chi connectivity index (χ1v) is 18.9. The van der Waals surface area contributed by atoms with Gasteiger partial charge >= 0.3 is 14.5 Å². The van der Waals surface area contributed by atoms with Crippen molar-refractivity contribution in [3.63, 3.8) is 0 Å². The molecule has 0 amide bonds. The number of halogens is 1. The van der Waals surface area contributed by atoms with Crippen LogP contribution in [0.1, 0.15) is 0 Å². The lowest BCUT2D eigenvalue weighted by Crippen LogP contribution is -1.82. The normalized spacial score (nSPS) is 11.5. The van der Waals surface area contributed by atoms with Crippen LogP contribution in [0.15, 0.2) is 97.1 Å². The summed E-state index contributed by atoms with van der Waals surface area (Å²) in [5.41, 5.74) is 6.45. The molecule has 8 bridgehead atoms. The minimum absolute atomic E-state index is 0.597. The lowest BCUT2D eigenvalue weighted by molar-refractivity contribution is 1.19. The number of aromatic amines is 2. The number of H-pyrrole nitrogens is 2. The molecule has 0 atom stereocenters. The number of nitrogens with zero attached hydrogens (tertiary/aromatic N) is 6. The maximum Gasteiger partial charge on any atom is 0.319 e. The first-order chi connectivity index (χ1) is 20.8. The molecule has 0 saturated heterocycles. The average molecular weight is 623 g/mol. The van der Waals surface area contributed by atoms with Gasteiger partial charge in [0.05, 0.1) is 0 Å². The molecule has 4 aromatic carbocycles. The Balaban J connectivity index is 0.00000131. The maximum absolute atomic E-state index is 5.02. The number of nitrogens with one attached hydrogen (secondary N) is 2. The Morgan fingerprint density at radius 3 is 0.857 bits per heavy atom. The van der Waals surface area contributed by atoms with Crippen LogP contribution in [-0.2, 0) is 0 Å². The third-order valence-corrected chi connectivity index (χ3v) is 7.46. The van der Waals surface area contributed by atoms with Crippen molar-refractivity contribution in [1.82, 2.24) is 39.9 Å². The second kappa shape index (κ2) is 9.96. The summed E-state index contributed by atoms with van der Waals surface area (Å²) in [7, 11) is 0. The lowest BCUT2D eigenvalue weighted by Gasteiger charge is -1.96. The first-order valence-electron chi connectivity index (χ1n) is 13.4. The van der Waals surface area contributed by atoms with E-state index in [0.717, 1.165) is 58.3 Å². The van der Waals surface area contributed by atoms with Crippen LogP contribution in [0, 0.1) is 0 Å². The number of fused-ring (bicyclic) bond motifs is 20. The van der Waals surface area contributed by atoms with E-state index in [2.05, 4.69) is 24.0 Å². The van der Waals surface area contributed by atoms with E-state index < -0.39 is 0 Å². The Bertz CT molecular complexity index is 2040. The first kappa shape index (κ1) is 25.0. The van der Waals surface area contributed by atoms with Crippen molar-refractivity contribution < 1.29 is 0 Å². The summed E-state index contributed by atoms with van der Waals surface area (Å²) in [5, 5.41) is 3.82. The molecule has 0 radical (unpaired) electrons. The number of hydrogen-bond acceptors (Lipinski definition) is 6. The molecule has 0 spiro atoms. The van der Waals surface area contributed by atoms with E-state index in [1.165, 1.54) is 0 Å². The number of benzene rings is 4. The van der Waals surface area contributed by atoms with E-state index in [4.69, 9.17) is 29.9 Å². The largest absolute Gasteiger partial charge is 0.324 e. The molecular formula is C32H20AlBrN8. The van der Waals surface area contributed by atoms with Crippen LogP contribution >= 0.6 is 14.1 Å². The highest BCUT2D eigenvalue weighted by Gasteiger charge is 2.21. The molecule has 198 valence electrons. The van der Waals surface area contributed by atoms with E-state index in [9.17, 15) is 0 Å². The van der Waals surface area contributed by atoms with Crippen molar-refractivity contribution in [3.8, 4) is 45.6 Å². The van der Waals surface area contributed by atoms with Crippen LogP contribution in [-0.4, -0.2) is 54.3 Å². The van der Waals surface area contributed by atoms with Crippen LogP contribution in [0.5, 0.6) is 0 Å². The Labute approximate surface area is 254 Å². The minimum atomic E-state index is 0.597. The molecule has 0 unspecified atom stereocenters. The molecule has 9 rings (SSSR count). The van der Waals surface area contributed by atoms with Crippen molar-refractivity contribution >= 4 is 72.6 Å². The fourth-order valence-electron chi connectivity index (χ4n) is 5.59. The molecule has 2 aliphatic rings. The topological polar surface area (TPSA) is 109 Å². The second-order valence-electron chi connectivity index (χ2n) is 9.79. The van der Waals surface area contributed by atoms with Gasteiger partial charge in [0, 0.05) is 43.8 Å². The molecule has 0 aliphatic carbocycles. The van der Waals surface area contributed by atoms with E-state index in [1.807, 2.05) is 97.1 Å². The highest BCUT2D eigenvalue weighted by atomic mass is 79.9. The minimum Gasteiger partial charge on any atom is -0.324 e. The Morgan fingerprint density at radius 1 is 0.357 bits per heavy atom. The van der Waals surface area contributed by atoms with Crippen LogP contribution in [0.2, 0.25) is 0 Å². The summed E-state index contributed by atoms with van der Waals surface area (Å²) < 4.78 is 0. The van der Waals surface area contributed by atoms with Crippen LogP contribution in [0.25, 0.3) is 89.7 Å². The zero-order valence-electron chi connectivity index (χ0n) is 22.3. The fourth-order valence-corrected chi connectivity index (χ4v) is 5.59. The maximum atomic E-state index is 5.02. The van der Waals surface area contributed by atoms with E-state index in [0.29, 0.717) is 45.9 Å². The Hall–Kier alpha value is -4.75. The van der Waals surface area contributed by atoms with Gasteiger partial charge in [0.2, 0.25) is 0 Å². The summed E-state index contributed by atoms with van der Waals surface area (Å²) in [6, 6.07) is 32.2. The summed E-state index contributed by atoms with van der Waals surface area (Å²) in [6.45, 7) is 0. The SMILES string of the molecule is [AlH2][Br].c1ccc2c(c1)-c1nc-2nc2[nH]c(nc3nc(nc4[nH]c(n1)c1ccccc41)-c1ccccc1-3)c1ccccc21. The predicted octanol–water partition coefficient (Wildman–Crippen LogP) is 6.80. The van der Waals surface area contributed by atoms with Gasteiger partial charge in [-0.2, -0.15) is 0 Å². The van der Waals surface area contributed by atoms with Gasteiger partial charge < -0.3 is 9.97 Å². The molecule has 7 aromatic rings. The zero-order valence-corrected chi connectivity index (χ0v) is 25.9. The third kappa shape index (κ3) is 3.88. The predicted molar refractivity (Wildman–Crippen MR) is 174 cm³/mol. The number of rotatable bonds is 0. The van der Waals surface area contributed by atoms with Gasteiger partial charge in [-0.25, -0.2) is 44.0 Å². The summed E-state index contributed by atoms with van der Waals surface area (Å²) in [5.74, 6) is 2.39. The van der Waals surface area contributed by atoms with Gasteiger partial charge in [0.25, 0.3) is 0 Å². The van der Waals surface area contributed by atoms with Gasteiger partial charge in [-0.05, 0) is 0 Å². The molecule has 5 heterocycles. The van der Waals surface area contributed by atoms with Gasteiger partial charge in [0.15, 0.2) is 23.3 Å². The summed E-state index contributed by atoms with van der Waals surface area (Å²) in [6.07, 6.45) is 0. The van der Waals surface area contributed by atoms with Crippen LogP contribution in [0.4, 0.5) is 0 Å². The third-order valence-electron chi connectivity index (χ3n) is 7.46.